The predicted octanol–water partition coefficient (Wildman–Crippen LogP) is 3.05. The van der Waals surface area contributed by atoms with E-state index in [0.29, 0.717) is 24.2 Å². The third kappa shape index (κ3) is 4.02. The summed E-state index contributed by atoms with van der Waals surface area (Å²) in [6.45, 7) is 0.584. The number of ketones is 1. The fraction of sp³-hybridized carbons (Fsp3) is 0.238. The summed E-state index contributed by atoms with van der Waals surface area (Å²) < 4.78 is 5.03. The van der Waals surface area contributed by atoms with E-state index in [1.165, 1.54) is 30.2 Å². The Morgan fingerprint density at radius 2 is 1.90 bits per heavy atom. The molecule has 0 aromatic heterocycles. The molecule has 8 heteroatoms. The van der Waals surface area contributed by atoms with Crippen LogP contribution in [0, 0.1) is 10.1 Å². The Hall–Kier alpha value is -3.52. The van der Waals surface area contributed by atoms with Gasteiger partial charge >= 0.3 is 0 Å². The Balaban J connectivity index is 2.15. The number of ether oxygens (including phenoxy) is 1. The summed E-state index contributed by atoms with van der Waals surface area (Å²) in [4.78, 5) is 37.5. The molecule has 1 N–H and O–H groups in total. The van der Waals surface area contributed by atoms with Gasteiger partial charge in [-0.3, -0.25) is 19.7 Å². The fourth-order valence-electron chi connectivity index (χ4n) is 3.40. The van der Waals surface area contributed by atoms with Gasteiger partial charge in [-0.2, -0.15) is 0 Å². The number of amides is 1. The Labute approximate surface area is 167 Å². The third-order valence-corrected chi connectivity index (χ3v) is 4.73. The molecule has 1 aliphatic rings. The van der Waals surface area contributed by atoms with Crippen LogP contribution in [0.15, 0.2) is 60.2 Å². The van der Waals surface area contributed by atoms with Crippen molar-refractivity contribution < 1.29 is 24.4 Å². The molecule has 0 spiro atoms. The van der Waals surface area contributed by atoms with Crippen LogP contribution in [0.5, 0.6) is 0 Å². The van der Waals surface area contributed by atoms with Gasteiger partial charge in [-0.1, -0.05) is 42.5 Å². The highest BCUT2D eigenvalue weighted by molar-refractivity contribution is 6.46. The lowest BCUT2D eigenvalue weighted by Crippen LogP contribution is -2.31. The molecule has 8 nitrogen and oxygen atoms in total. The first-order valence-electron chi connectivity index (χ1n) is 9.02. The van der Waals surface area contributed by atoms with Gasteiger partial charge < -0.3 is 14.7 Å². The van der Waals surface area contributed by atoms with E-state index in [2.05, 4.69) is 0 Å². The van der Waals surface area contributed by atoms with Crippen molar-refractivity contribution in [1.29, 1.82) is 0 Å². The van der Waals surface area contributed by atoms with Crippen molar-refractivity contribution in [2.24, 2.45) is 0 Å². The smallest absolute Gasteiger partial charge is 0.295 e. The van der Waals surface area contributed by atoms with E-state index in [4.69, 9.17) is 4.74 Å². The maximum absolute atomic E-state index is 12.8. The Bertz CT molecular complexity index is 970. The normalized spacial score (nSPS) is 18.2. The van der Waals surface area contributed by atoms with Crippen LogP contribution in [0.1, 0.15) is 23.6 Å². The minimum Gasteiger partial charge on any atom is -0.507 e. The number of aliphatic hydroxyl groups is 1. The topological polar surface area (TPSA) is 110 Å². The predicted molar refractivity (Wildman–Crippen MR) is 105 cm³/mol. The highest BCUT2D eigenvalue weighted by atomic mass is 16.6. The minimum absolute atomic E-state index is 0.0842. The number of aliphatic hydroxyl groups excluding tert-OH is 1. The number of rotatable bonds is 7. The van der Waals surface area contributed by atoms with E-state index < -0.39 is 22.7 Å². The molecule has 150 valence electrons. The molecule has 3 rings (SSSR count). The van der Waals surface area contributed by atoms with Crippen LogP contribution in [-0.4, -0.2) is 46.9 Å². The summed E-state index contributed by atoms with van der Waals surface area (Å²) in [6, 6.07) is 13.2. The maximum atomic E-state index is 12.8. The molecule has 0 aliphatic carbocycles. The average Bonchev–Trinajstić information content (AvgIpc) is 2.99. The molecule has 0 radical (unpaired) electrons. The monoisotopic (exact) mass is 396 g/mol. The van der Waals surface area contributed by atoms with Crippen LogP contribution < -0.4 is 0 Å². The van der Waals surface area contributed by atoms with Crippen molar-refractivity contribution >= 4 is 23.1 Å². The summed E-state index contributed by atoms with van der Waals surface area (Å²) in [5.41, 5.74) is 0.523. The lowest BCUT2D eigenvalue weighted by atomic mass is 9.95. The quantitative estimate of drug-likeness (QED) is 0.192. The second-order valence-corrected chi connectivity index (χ2v) is 6.56. The number of likely N-dealkylation sites (tertiary alicyclic amines) is 1. The zero-order chi connectivity index (χ0) is 21.0. The van der Waals surface area contributed by atoms with Crippen molar-refractivity contribution in [3.63, 3.8) is 0 Å². The molecule has 29 heavy (non-hydrogen) atoms. The van der Waals surface area contributed by atoms with Crippen LogP contribution in [0.4, 0.5) is 5.69 Å². The highest BCUT2D eigenvalue weighted by Crippen LogP contribution is 2.40. The molecule has 0 bridgehead atoms. The lowest BCUT2D eigenvalue weighted by molar-refractivity contribution is -0.384. The van der Waals surface area contributed by atoms with Gasteiger partial charge in [0, 0.05) is 38.0 Å². The van der Waals surface area contributed by atoms with Gasteiger partial charge in [0.2, 0.25) is 0 Å². The van der Waals surface area contributed by atoms with Crippen molar-refractivity contribution in [2.75, 3.05) is 20.3 Å². The molecular weight excluding hydrogens is 376 g/mol. The van der Waals surface area contributed by atoms with Gasteiger partial charge in [-0.15, -0.1) is 0 Å². The van der Waals surface area contributed by atoms with Crippen LogP contribution in [-0.2, 0) is 14.3 Å². The number of nitro benzene ring substituents is 1. The van der Waals surface area contributed by atoms with Crippen molar-refractivity contribution in [3.05, 3.63) is 81.4 Å². The summed E-state index contributed by atoms with van der Waals surface area (Å²) in [5.74, 6) is -1.88. The first kappa shape index (κ1) is 20.2. The van der Waals surface area contributed by atoms with Crippen molar-refractivity contribution in [2.45, 2.75) is 12.5 Å². The van der Waals surface area contributed by atoms with E-state index >= 15 is 0 Å². The lowest BCUT2D eigenvalue weighted by Gasteiger charge is -2.25. The SMILES string of the molecule is COCCCN1C(=O)C(=O)C(=C(O)c2ccccc2)C1c1cccc([N+](=O)[O-])c1. The van der Waals surface area contributed by atoms with E-state index in [0.717, 1.165) is 0 Å². The summed E-state index contributed by atoms with van der Waals surface area (Å²) in [7, 11) is 1.53. The van der Waals surface area contributed by atoms with Crippen LogP contribution in [0.3, 0.4) is 0 Å². The van der Waals surface area contributed by atoms with Crippen LogP contribution in [0.25, 0.3) is 5.76 Å². The number of nitro groups is 1. The fourth-order valence-corrected chi connectivity index (χ4v) is 3.40. The molecule has 2 aromatic rings. The molecule has 1 fully saturated rings. The van der Waals surface area contributed by atoms with Gasteiger partial charge in [-0.25, -0.2) is 0 Å². The first-order chi connectivity index (χ1) is 14.0. The zero-order valence-corrected chi connectivity index (χ0v) is 15.8. The molecule has 1 saturated heterocycles. The van der Waals surface area contributed by atoms with E-state index in [1.807, 2.05) is 0 Å². The van der Waals surface area contributed by atoms with Gasteiger partial charge in [0.1, 0.15) is 5.76 Å². The number of non-ortho nitro benzene ring substituents is 1. The second-order valence-electron chi connectivity index (χ2n) is 6.56. The number of carbonyl (C=O) groups excluding carboxylic acids is 2. The molecule has 1 atom stereocenters. The van der Waals surface area contributed by atoms with Gasteiger partial charge in [-0.05, 0) is 12.0 Å². The Kier molecular flexibility index (Phi) is 6.04. The van der Waals surface area contributed by atoms with Crippen LogP contribution >= 0.6 is 0 Å². The largest absolute Gasteiger partial charge is 0.507 e. The van der Waals surface area contributed by atoms with Crippen molar-refractivity contribution in [1.82, 2.24) is 4.90 Å². The second kappa shape index (κ2) is 8.66. The first-order valence-corrected chi connectivity index (χ1v) is 9.02. The number of hydrogen-bond donors (Lipinski definition) is 1. The van der Waals surface area contributed by atoms with Gasteiger partial charge in [0.15, 0.2) is 0 Å². The maximum Gasteiger partial charge on any atom is 0.295 e. The highest BCUT2D eigenvalue weighted by Gasteiger charge is 2.46. The molecule has 1 amide bonds. The summed E-state index contributed by atoms with van der Waals surface area (Å²) in [6.07, 6.45) is 0.473. The molecule has 1 heterocycles. The number of carbonyl (C=O) groups is 2. The molecule has 2 aromatic carbocycles. The van der Waals surface area contributed by atoms with E-state index in [1.54, 1.807) is 36.4 Å². The molecule has 1 unspecified atom stereocenters. The van der Waals surface area contributed by atoms with E-state index in [9.17, 15) is 24.8 Å². The van der Waals surface area contributed by atoms with E-state index in [-0.39, 0.29) is 23.6 Å². The summed E-state index contributed by atoms with van der Waals surface area (Å²) in [5, 5.41) is 22.0. The Morgan fingerprint density at radius 3 is 2.55 bits per heavy atom. The summed E-state index contributed by atoms with van der Waals surface area (Å²) >= 11 is 0. The molecule has 1 aliphatic heterocycles. The zero-order valence-electron chi connectivity index (χ0n) is 15.8. The van der Waals surface area contributed by atoms with Gasteiger partial charge in [0.25, 0.3) is 17.4 Å². The Morgan fingerprint density at radius 1 is 1.17 bits per heavy atom. The number of nitrogens with zero attached hydrogens (tertiary/aromatic N) is 2. The molecular formula is C21H20N2O6. The standard InChI is InChI=1S/C21H20N2O6/c1-29-12-6-11-22-18(15-9-5-10-16(13-15)23(27)28)17(20(25)21(22)26)19(24)14-7-3-2-4-8-14/h2-5,7-10,13,18,24H,6,11-12H2,1H3. The van der Waals surface area contributed by atoms with Crippen molar-refractivity contribution in [3.8, 4) is 0 Å². The minimum atomic E-state index is -0.924. The number of methoxy groups -OCH3 is 1. The van der Waals surface area contributed by atoms with Gasteiger partial charge in [0.05, 0.1) is 16.5 Å². The molecule has 0 saturated carbocycles. The third-order valence-electron chi connectivity index (χ3n) is 4.73. The number of hydrogen-bond acceptors (Lipinski definition) is 6. The number of Topliss-reactive ketones (excluding diaryl/α,β-unsaturated/α-hetero) is 1. The van der Waals surface area contributed by atoms with Crippen LogP contribution in [0.2, 0.25) is 0 Å². The average molecular weight is 396 g/mol. The number of benzene rings is 2.